The molecular formula is C17H18N4O4. The first kappa shape index (κ1) is 16.7. The predicted molar refractivity (Wildman–Crippen MR) is 89.9 cm³/mol. The number of urea groups is 1. The van der Waals surface area contributed by atoms with E-state index in [0.29, 0.717) is 12.1 Å². The molecule has 1 aliphatic heterocycles. The summed E-state index contributed by atoms with van der Waals surface area (Å²) >= 11 is 0. The molecule has 130 valence electrons. The van der Waals surface area contributed by atoms with Crippen molar-refractivity contribution in [2.75, 3.05) is 0 Å². The zero-order valence-corrected chi connectivity index (χ0v) is 13.9. The Balaban J connectivity index is 1.82. The van der Waals surface area contributed by atoms with Gasteiger partial charge in [-0.25, -0.2) is 9.59 Å². The Kier molecular flexibility index (Phi) is 4.26. The fraction of sp³-hybridized carbons (Fsp3) is 0.294. The van der Waals surface area contributed by atoms with Crippen molar-refractivity contribution in [3.05, 3.63) is 68.5 Å². The number of amides is 3. The molecule has 1 fully saturated rings. The van der Waals surface area contributed by atoms with E-state index in [0.717, 1.165) is 15.0 Å². The molecule has 0 aliphatic carbocycles. The zero-order valence-electron chi connectivity index (χ0n) is 13.9. The van der Waals surface area contributed by atoms with Crippen LogP contribution in [0, 0.1) is 0 Å². The van der Waals surface area contributed by atoms with E-state index in [4.69, 9.17) is 0 Å². The number of nitrogens with zero attached hydrogens (tertiary/aromatic N) is 3. The molecule has 0 bridgehead atoms. The summed E-state index contributed by atoms with van der Waals surface area (Å²) < 4.78 is 2.22. The third kappa shape index (κ3) is 3.10. The van der Waals surface area contributed by atoms with Gasteiger partial charge in [0.25, 0.3) is 11.5 Å². The molecule has 1 aliphatic rings. The van der Waals surface area contributed by atoms with Crippen LogP contribution < -0.4 is 16.6 Å². The Morgan fingerprint density at radius 3 is 2.36 bits per heavy atom. The molecular weight excluding hydrogens is 324 g/mol. The van der Waals surface area contributed by atoms with E-state index in [9.17, 15) is 19.2 Å². The maximum absolute atomic E-state index is 12.5. The van der Waals surface area contributed by atoms with Crippen LogP contribution in [0.3, 0.4) is 0 Å². The van der Waals surface area contributed by atoms with Gasteiger partial charge in [-0.2, -0.15) is 0 Å². The van der Waals surface area contributed by atoms with Crippen molar-refractivity contribution in [3.8, 4) is 0 Å². The summed E-state index contributed by atoms with van der Waals surface area (Å²) in [6.45, 7) is -0.127. The predicted octanol–water partition coefficient (Wildman–Crippen LogP) is -0.253. The number of carbonyl (C=O) groups is 2. The first-order valence-electron chi connectivity index (χ1n) is 7.80. The van der Waals surface area contributed by atoms with Crippen molar-refractivity contribution >= 4 is 11.9 Å². The van der Waals surface area contributed by atoms with Crippen LogP contribution in [0.4, 0.5) is 4.79 Å². The lowest BCUT2D eigenvalue weighted by Crippen LogP contribution is -2.40. The van der Waals surface area contributed by atoms with Crippen LogP contribution in [0.5, 0.6) is 0 Å². The third-order valence-electron chi connectivity index (χ3n) is 4.34. The maximum Gasteiger partial charge on any atom is 0.330 e. The molecule has 3 rings (SSSR count). The normalized spacial score (nSPS) is 17.0. The van der Waals surface area contributed by atoms with Gasteiger partial charge in [-0.15, -0.1) is 0 Å². The fourth-order valence-corrected chi connectivity index (χ4v) is 2.81. The Morgan fingerprint density at radius 2 is 1.68 bits per heavy atom. The lowest BCUT2D eigenvalue weighted by atomic mass is 10.1. The molecule has 1 aromatic carbocycles. The second kappa shape index (κ2) is 6.39. The van der Waals surface area contributed by atoms with Gasteiger partial charge in [0.1, 0.15) is 6.04 Å². The van der Waals surface area contributed by atoms with E-state index >= 15 is 0 Å². The number of hydrogen-bond donors (Lipinski definition) is 1. The molecule has 0 radical (unpaired) electrons. The quantitative estimate of drug-likeness (QED) is 0.775. The molecule has 0 spiro atoms. The summed E-state index contributed by atoms with van der Waals surface area (Å²) in [4.78, 5) is 49.5. The van der Waals surface area contributed by atoms with Crippen molar-refractivity contribution in [2.24, 2.45) is 14.1 Å². The second-order valence-corrected chi connectivity index (χ2v) is 5.99. The molecule has 1 atom stereocenters. The minimum absolute atomic E-state index is 0.127. The molecule has 1 saturated heterocycles. The topological polar surface area (TPSA) is 93.4 Å². The monoisotopic (exact) mass is 342 g/mol. The molecule has 0 saturated carbocycles. The Morgan fingerprint density at radius 1 is 1.00 bits per heavy atom. The lowest BCUT2D eigenvalue weighted by Gasteiger charge is -2.16. The summed E-state index contributed by atoms with van der Waals surface area (Å²) in [7, 11) is 2.87. The fourth-order valence-electron chi connectivity index (χ4n) is 2.81. The highest BCUT2D eigenvalue weighted by molar-refractivity contribution is 6.04. The van der Waals surface area contributed by atoms with Crippen LogP contribution in [-0.2, 0) is 31.9 Å². The molecule has 25 heavy (non-hydrogen) atoms. The number of imide groups is 1. The first-order valence-corrected chi connectivity index (χ1v) is 7.80. The SMILES string of the molecule is Cn1c(CN2C(=O)N[C@H](Cc3ccccc3)C2=O)cc(=O)n(C)c1=O. The zero-order chi connectivity index (χ0) is 18.1. The largest absolute Gasteiger partial charge is 0.330 e. The Labute approximate surface area is 143 Å². The van der Waals surface area contributed by atoms with Crippen LogP contribution in [0.2, 0.25) is 0 Å². The number of rotatable bonds is 4. The number of carbonyl (C=O) groups excluding carboxylic acids is 2. The molecule has 1 N–H and O–H groups in total. The average Bonchev–Trinajstić information content (AvgIpc) is 2.86. The van der Waals surface area contributed by atoms with Gasteiger partial charge in [0.05, 0.1) is 6.54 Å². The van der Waals surface area contributed by atoms with E-state index in [1.54, 1.807) is 0 Å². The highest BCUT2D eigenvalue weighted by Gasteiger charge is 2.38. The summed E-state index contributed by atoms with van der Waals surface area (Å²) in [6, 6.07) is 9.44. The maximum atomic E-state index is 12.5. The second-order valence-electron chi connectivity index (χ2n) is 5.99. The Bertz CT molecular complexity index is 945. The van der Waals surface area contributed by atoms with Gasteiger partial charge < -0.3 is 5.32 Å². The standard InChI is InChI=1S/C17H18N4O4/c1-19-12(9-14(22)20(2)17(19)25)10-21-15(23)13(18-16(21)24)8-11-6-4-3-5-7-11/h3-7,9,13H,8,10H2,1-2H3,(H,18,24)/t13-/m1/s1. The highest BCUT2D eigenvalue weighted by atomic mass is 16.2. The lowest BCUT2D eigenvalue weighted by molar-refractivity contribution is -0.127. The number of hydrogen-bond acceptors (Lipinski definition) is 4. The average molecular weight is 342 g/mol. The first-order chi connectivity index (χ1) is 11.9. The minimum atomic E-state index is -0.654. The van der Waals surface area contributed by atoms with Crippen LogP contribution in [0.15, 0.2) is 46.0 Å². The van der Waals surface area contributed by atoms with Crippen LogP contribution >= 0.6 is 0 Å². The van der Waals surface area contributed by atoms with Gasteiger partial charge in [-0.1, -0.05) is 30.3 Å². The number of benzene rings is 1. The Hall–Kier alpha value is -3.16. The van der Waals surface area contributed by atoms with E-state index < -0.39 is 23.3 Å². The van der Waals surface area contributed by atoms with Crippen LogP contribution in [0.25, 0.3) is 0 Å². The third-order valence-corrected chi connectivity index (χ3v) is 4.34. The van der Waals surface area contributed by atoms with E-state index in [1.807, 2.05) is 30.3 Å². The molecule has 1 aromatic heterocycles. The van der Waals surface area contributed by atoms with Gasteiger partial charge in [0.2, 0.25) is 0 Å². The number of nitrogens with one attached hydrogen (secondary N) is 1. The van der Waals surface area contributed by atoms with Gasteiger partial charge in [-0.05, 0) is 5.56 Å². The molecule has 8 nitrogen and oxygen atoms in total. The smallest absolute Gasteiger partial charge is 0.325 e. The van der Waals surface area contributed by atoms with E-state index in [2.05, 4.69) is 5.32 Å². The van der Waals surface area contributed by atoms with Crippen molar-refractivity contribution in [1.82, 2.24) is 19.4 Å². The van der Waals surface area contributed by atoms with Crippen molar-refractivity contribution < 1.29 is 9.59 Å². The molecule has 3 amide bonds. The van der Waals surface area contributed by atoms with Crippen molar-refractivity contribution in [1.29, 1.82) is 0 Å². The molecule has 0 unspecified atom stereocenters. The summed E-state index contributed by atoms with van der Waals surface area (Å²) in [5, 5.41) is 2.65. The van der Waals surface area contributed by atoms with Crippen molar-refractivity contribution in [3.63, 3.8) is 0 Å². The van der Waals surface area contributed by atoms with Gasteiger partial charge in [0, 0.05) is 32.3 Å². The van der Waals surface area contributed by atoms with Gasteiger partial charge in [0.15, 0.2) is 0 Å². The molecule has 8 heteroatoms. The van der Waals surface area contributed by atoms with E-state index in [1.165, 1.54) is 24.7 Å². The summed E-state index contributed by atoms with van der Waals surface area (Å²) in [6.07, 6.45) is 0.386. The molecule has 2 heterocycles. The molecule has 2 aromatic rings. The highest BCUT2D eigenvalue weighted by Crippen LogP contribution is 2.14. The van der Waals surface area contributed by atoms with Gasteiger partial charge >= 0.3 is 11.7 Å². The minimum Gasteiger partial charge on any atom is -0.325 e. The van der Waals surface area contributed by atoms with Crippen molar-refractivity contribution in [2.45, 2.75) is 19.0 Å². The summed E-state index contributed by atoms with van der Waals surface area (Å²) in [5.74, 6) is -0.373. The summed E-state index contributed by atoms with van der Waals surface area (Å²) in [5.41, 5.74) is 0.252. The van der Waals surface area contributed by atoms with Crippen LogP contribution in [0.1, 0.15) is 11.3 Å². The van der Waals surface area contributed by atoms with Crippen LogP contribution in [-0.4, -0.2) is 32.0 Å². The van der Waals surface area contributed by atoms with E-state index in [-0.39, 0.29) is 12.5 Å². The van der Waals surface area contributed by atoms with Gasteiger partial charge in [-0.3, -0.25) is 23.6 Å². The number of aromatic nitrogens is 2.